The van der Waals surface area contributed by atoms with Gasteiger partial charge in [-0.15, -0.1) is 0 Å². The van der Waals surface area contributed by atoms with E-state index in [1.54, 1.807) is 12.2 Å². The maximum atomic E-state index is 11.2. The number of sulfone groups is 1. The van der Waals surface area contributed by atoms with Gasteiger partial charge in [0, 0.05) is 28.2 Å². The Bertz CT molecular complexity index is 490. The second kappa shape index (κ2) is 14.5. The molecule has 5 nitrogen and oxygen atoms in total. The zero-order chi connectivity index (χ0) is 16.1. The van der Waals surface area contributed by atoms with Gasteiger partial charge in [0.05, 0.1) is 8.07 Å². The third-order valence-electron chi connectivity index (χ3n) is 1.85. The molecule has 0 unspecified atom stereocenters. The summed E-state index contributed by atoms with van der Waals surface area (Å²) in [4.78, 5) is 0. The molecule has 0 aliphatic carbocycles. The van der Waals surface area contributed by atoms with E-state index in [1.807, 2.05) is 6.08 Å². The van der Waals surface area contributed by atoms with Crippen LogP contribution in [0.1, 0.15) is 0 Å². The van der Waals surface area contributed by atoms with Gasteiger partial charge in [-0.2, -0.15) is 0 Å². The Balaban J connectivity index is -0.000000162. The maximum absolute atomic E-state index is 11.2. The predicted octanol–water partition coefficient (Wildman–Crippen LogP) is 2.13. The van der Waals surface area contributed by atoms with E-state index in [0.29, 0.717) is 0 Å². The molecule has 1 aliphatic heterocycles. The summed E-state index contributed by atoms with van der Waals surface area (Å²) in [7, 11) is -4.50. The molecule has 0 fully saturated rings. The Labute approximate surface area is 131 Å². The fourth-order valence-corrected chi connectivity index (χ4v) is 3.05. The number of rotatable bonds is 1. The van der Waals surface area contributed by atoms with Crippen LogP contribution in [0.25, 0.3) is 0 Å². The van der Waals surface area contributed by atoms with Gasteiger partial charge in [-0.3, -0.25) is 0 Å². The van der Waals surface area contributed by atoms with Crippen LogP contribution in [0.4, 0.5) is 0 Å². The van der Waals surface area contributed by atoms with Gasteiger partial charge in [-0.25, -0.2) is 8.42 Å². The van der Waals surface area contributed by atoms with Crippen molar-refractivity contribution in [2.24, 2.45) is 0 Å². The maximum Gasteiger partial charge on any atom is 0 e. The van der Waals surface area contributed by atoms with Crippen LogP contribution in [0.2, 0.25) is 19.6 Å². The average molecular weight is 350 g/mol. The minimum Gasteiger partial charge on any atom is 0 e. The second-order valence-corrected chi connectivity index (χ2v) is 10.9. The molecule has 0 atom stereocenters. The molecule has 0 bridgehead atoms. The first-order valence-electron chi connectivity index (χ1n) is 4.74. The van der Waals surface area contributed by atoms with Gasteiger partial charge < -0.3 is 0 Å². The van der Waals surface area contributed by atoms with Crippen LogP contribution >= 0.6 is 0 Å². The van der Waals surface area contributed by atoms with Crippen LogP contribution in [0.15, 0.2) is 34.2 Å². The fraction of sp³-hybridized carbons (Fsp3) is 0.250. The first kappa shape index (κ1) is 27.5. The van der Waals surface area contributed by atoms with Crippen LogP contribution in [0.5, 0.6) is 0 Å². The van der Waals surface area contributed by atoms with Gasteiger partial charge in [-0.1, -0.05) is 43.1 Å². The molecule has 20 heavy (non-hydrogen) atoms. The summed E-state index contributed by atoms with van der Waals surface area (Å²) in [6.07, 6.45) is 5.23. The molecule has 0 radical (unpaired) electrons. The minimum absolute atomic E-state index is 0. The van der Waals surface area contributed by atoms with Crippen molar-refractivity contribution in [3.8, 4) is 0 Å². The molecule has 0 aromatic rings. The summed E-state index contributed by atoms with van der Waals surface area (Å²) in [5, 5.41) is 3.67. The summed E-state index contributed by atoms with van der Waals surface area (Å²) in [6, 6.07) is 0. The first-order valence-corrected chi connectivity index (χ1v) is 9.85. The molecule has 1 heterocycles. The van der Waals surface area contributed by atoms with E-state index in [9.17, 15) is 8.42 Å². The van der Waals surface area contributed by atoms with Crippen LogP contribution in [0, 0.1) is 20.0 Å². The molecule has 1 aliphatic rings. The van der Waals surface area contributed by atoms with Crippen molar-refractivity contribution >= 4 is 17.9 Å². The Morgan fingerprint density at radius 1 is 0.950 bits per heavy atom. The van der Waals surface area contributed by atoms with Gasteiger partial charge in [0.25, 0.3) is 0 Å². The summed E-state index contributed by atoms with van der Waals surface area (Å²) >= 11 is 0. The Kier molecular flexibility index (Phi) is 20.0. The van der Waals surface area contributed by atoms with Crippen LogP contribution in [0.3, 0.4) is 0 Å². The normalized spacial score (nSPS) is 13.9. The van der Waals surface area contributed by atoms with Gasteiger partial charge in [0.2, 0.25) is 0 Å². The molecular formula is C12H14CrO5SSi. The molecule has 1 rings (SSSR count). The molecule has 0 amide bonds. The standard InChI is InChI=1S/C9H14O2SSi.3CO.Cr/c1-13(2,3)9-5-4-7-12(10,11)8-6-9;3*1-2;/h4-8H,1-3H3;;;;. The van der Waals surface area contributed by atoms with E-state index in [0.717, 1.165) is 5.20 Å². The van der Waals surface area contributed by atoms with Crippen molar-refractivity contribution in [1.82, 2.24) is 0 Å². The second-order valence-electron chi connectivity index (χ2n) is 4.09. The van der Waals surface area contributed by atoms with Crippen molar-refractivity contribution in [3.05, 3.63) is 54.2 Å². The third-order valence-corrected chi connectivity index (χ3v) is 4.96. The van der Waals surface area contributed by atoms with Gasteiger partial charge in [0.15, 0.2) is 9.84 Å². The Morgan fingerprint density at radius 3 is 1.70 bits per heavy atom. The smallest absolute Gasteiger partial charge is 0 e. The predicted molar refractivity (Wildman–Crippen MR) is 70.4 cm³/mol. The van der Waals surface area contributed by atoms with E-state index < -0.39 is 17.9 Å². The summed E-state index contributed by atoms with van der Waals surface area (Å²) in [6.45, 7) is 20.1. The molecule has 8 heteroatoms. The average Bonchev–Trinajstić information content (AvgIpc) is 2.57. The Hall–Kier alpha value is -0.861. The fourth-order valence-electron chi connectivity index (χ4n) is 1.02. The quantitative estimate of drug-likeness (QED) is 0.411. The van der Waals surface area contributed by atoms with E-state index in [4.69, 9.17) is 14.0 Å². The number of hydrogen-bond acceptors (Lipinski definition) is 2. The minimum atomic E-state index is -3.10. The van der Waals surface area contributed by atoms with E-state index in [1.165, 1.54) is 10.8 Å². The molecule has 0 saturated carbocycles. The molecule has 0 aromatic heterocycles. The number of allylic oxidation sites excluding steroid dienone is 4. The zero-order valence-corrected chi connectivity index (χ0v) is 14.3. The van der Waals surface area contributed by atoms with Crippen molar-refractivity contribution in [1.29, 1.82) is 0 Å². The molecule has 108 valence electrons. The van der Waals surface area contributed by atoms with Crippen molar-refractivity contribution in [3.63, 3.8) is 0 Å². The van der Waals surface area contributed by atoms with Crippen molar-refractivity contribution in [2.75, 3.05) is 0 Å². The topological polar surface area (TPSA) is 93.8 Å². The molecule has 0 spiro atoms. The van der Waals surface area contributed by atoms with Crippen molar-refractivity contribution < 1.29 is 39.7 Å². The molecular weight excluding hydrogens is 336 g/mol. The molecule has 0 N–H and O–H groups in total. The van der Waals surface area contributed by atoms with Crippen molar-refractivity contribution in [2.45, 2.75) is 19.6 Å². The molecule has 0 aromatic carbocycles. The van der Waals surface area contributed by atoms with Gasteiger partial charge in [0.1, 0.15) is 0 Å². The zero-order valence-electron chi connectivity index (χ0n) is 11.2. The Morgan fingerprint density at radius 2 is 1.35 bits per heavy atom. The van der Waals surface area contributed by atoms with E-state index >= 15 is 0 Å². The number of hydrogen-bond donors (Lipinski definition) is 0. The van der Waals surface area contributed by atoms with Crippen LogP contribution in [-0.2, 0) is 41.2 Å². The SMILES string of the molecule is C[Si](C)(C)C1=CC=CS(=O)(=O)C=C1.[C-]#[O+].[C-]#[O+].[C-]#[O+].[Cr]. The monoisotopic (exact) mass is 350 g/mol. The first-order chi connectivity index (χ1) is 8.81. The van der Waals surface area contributed by atoms with Crippen LogP contribution in [-0.4, -0.2) is 16.5 Å². The summed E-state index contributed by atoms with van der Waals surface area (Å²) < 4.78 is 44.8. The third kappa shape index (κ3) is 13.6. The van der Waals surface area contributed by atoms with E-state index in [-0.39, 0.29) is 17.4 Å². The van der Waals surface area contributed by atoms with Gasteiger partial charge >= 0.3 is 33.9 Å². The van der Waals surface area contributed by atoms with E-state index in [2.05, 4.69) is 39.6 Å². The summed E-state index contributed by atoms with van der Waals surface area (Å²) in [5.41, 5.74) is 0. The van der Waals surface area contributed by atoms with Crippen LogP contribution < -0.4 is 0 Å². The largest absolute Gasteiger partial charge is 0 e. The van der Waals surface area contributed by atoms with Gasteiger partial charge in [-0.05, 0) is 0 Å². The molecule has 0 saturated heterocycles. The summed E-state index contributed by atoms with van der Waals surface area (Å²) in [5.74, 6) is 0.